The molecule has 0 aliphatic carbocycles. The van der Waals surface area contributed by atoms with E-state index in [0.29, 0.717) is 19.1 Å². The summed E-state index contributed by atoms with van der Waals surface area (Å²) in [7, 11) is 1.63. The van der Waals surface area contributed by atoms with Crippen molar-refractivity contribution in [3.63, 3.8) is 0 Å². The lowest BCUT2D eigenvalue weighted by molar-refractivity contribution is 0.0711. The summed E-state index contributed by atoms with van der Waals surface area (Å²) >= 11 is 1.53. The van der Waals surface area contributed by atoms with Crippen LogP contribution in [0.5, 0.6) is 11.5 Å². The summed E-state index contributed by atoms with van der Waals surface area (Å²) in [5.41, 5.74) is -0.979. The second kappa shape index (κ2) is 12.0. The molecule has 0 amide bonds. The van der Waals surface area contributed by atoms with Crippen molar-refractivity contribution in [1.82, 2.24) is 10.6 Å². The Kier molecular flexibility index (Phi) is 10.5. The van der Waals surface area contributed by atoms with Crippen molar-refractivity contribution in [2.24, 2.45) is 4.99 Å². The van der Waals surface area contributed by atoms with Crippen LogP contribution < -0.4 is 20.1 Å². The first-order valence-corrected chi connectivity index (χ1v) is 9.48. The van der Waals surface area contributed by atoms with E-state index in [1.165, 1.54) is 11.3 Å². The average Bonchev–Trinajstić information content (AvgIpc) is 3.19. The zero-order valence-electron chi connectivity index (χ0n) is 15.9. The normalized spacial score (nSPS) is 13.3. The van der Waals surface area contributed by atoms with E-state index < -0.39 is 5.60 Å². The first-order valence-electron chi connectivity index (χ1n) is 8.60. The van der Waals surface area contributed by atoms with Crippen molar-refractivity contribution in [3.8, 4) is 11.5 Å². The van der Waals surface area contributed by atoms with Crippen LogP contribution in [0, 0.1) is 0 Å². The van der Waals surface area contributed by atoms with Crippen LogP contribution >= 0.6 is 35.3 Å². The van der Waals surface area contributed by atoms with Crippen molar-refractivity contribution >= 4 is 41.3 Å². The van der Waals surface area contributed by atoms with Crippen LogP contribution in [0.25, 0.3) is 0 Å². The quantitative estimate of drug-likeness (QED) is 0.211. The van der Waals surface area contributed by atoms with Crippen LogP contribution in [0.3, 0.4) is 0 Å². The van der Waals surface area contributed by atoms with Gasteiger partial charge in [0.05, 0.1) is 20.2 Å². The molecule has 0 fully saturated rings. The maximum Gasteiger partial charge on any atom is 0.191 e. The second-order valence-corrected chi connectivity index (χ2v) is 6.85. The summed E-state index contributed by atoms with van der Waals surface area (Å²) in [6.07, 6.45) is 0. The number of nitrogens with one attached hydrogen (secondary N) is 2. The number of halogens is 1. The number of thiophene rings is 1. The summed E-state index contributed by atoms with van der Waals surface area (Å²) < 4.78 is 10.9. The lowest BCUT2D eigenvalue weighted by Crippen LogP contribution is -2.40. The molecule has 0 spiro atoms. The van der Waals surface area contributed by atoms with Gasteiger partial charge in [-0.2, -0.15) is 0 Å². The Morgan fingerprint density at radius 2 is 2.00 bits per heavy atom. The van der Waals surface area contributed by atoms with Gasteiger partial charge in [0.2, 0.25) is 0 Å². The fourth-order valence-electron chi connectivity index (χ4n) is 2.27. The Bertz CT molecular complexity index is 693. The minimum Gasteiger partial charge on any atom is -0.497 e. The Hall–Kier alpha value is -1.52. The molecular formula is C19H28IN3O3S. The third-order valence-corrected chi connectivity index (χ3v) is 4.77. The molecule has 0 radical (unpaired) electrons. The summed E-state index contributed by atoms with van der Waals surface area (Å²) in [4.78, 5) is 5.39. The monoisotopic (exact) mass is 505 g/mol. The average molecular weight is 505 g/mol. The predicted octanol–water partition coefficient (Wildman–Crippen LogP) is 3.22. The maximum absolute atomic E-state index is 10.6. The summed E-state index contributed by atoms with van der Waals surface area (Å²) in [5, 5.41) is 18.9. The van der Waals surface area contributed by atoms with E-state index >= 15 is 0 Å². The zero-order chi connectivity index (χ0) is 18.8. The maximum atomic E-state index is 10.6. The highest BCUT2D eigenvalue weighted by Gasteiger charge is 2.23. The third-order valence-electron chi connectivity index (χ3n) is 3.65. The van der Waals surface area contributed by atoms with E-state index in [1.54, 1.807) is 14.0 Å². The number of aliphatic imine (C=N–C) groups is 1. The van der Waals surface area contributed by atoms with Gasteiger partial charge < -0.3 is 25.2 Å². The number of rotatable bonds is 9. The summed E-state index contributed by atoms with van der Waals surface area (Å²) in [6.45, 7) is 5.87. The first-order chi connectivity index (χ1) is 12.5. The second-order valence-electron chi connectivity index (χ2n) is 5.90. The van der Waals surface area contributed by atoms with Crippen LogP contribution in [-0.4, -0.2) is 44.4 Å². The smallest absolute Gasteiger partial charge is 0.191 e. The molecule has 6 nitrogen and oxygen atoms in total. The molecule has 0 bridgehead atoms. The Labute approximate surface area is 182 Å². The van der Waals surface area contributed by atoms with E-state index in [4.69, 9.17) is 9.47 Å². The molecule has 1 atom stereocenters. The van der Waals surface area contributed by atoms with Crippen molar-refractivity contribution in [1.29, 1.82) is 0 Å². The van der Waals surface area contributed by atoms with Gasteiger partial charge in [0.25, 0.3) is 0 Å². The minimum atomic E-state index is -0.979. The van der Waals surface area contributed by atoms with E-state index in [-0.39, 0.29) is 30.5 Å². The van der Waals surface area contributed by atoms with Crippen LogP contribution in [0.2, 0.25) is 0 Å². The predicted molar refractivity (Wildman–Crippen MR) is 122 cm³/mol. The van der Waals surface area contributed by atoms with E-state index in [0.717, 1.165) is 22.9 Å². The third kappa shape index (κ3) is 7.94. The molecule has 1 aromatic carbocycles. The molecular weight excluding hydrogens is 477 g/mol. The van der Waals surface area contributed by atoms with Crippen LogP contribution in [0.4, 0.5) is 0 Å². The van der Waals surface area contributed by atoms with Gasteiger partial charge >= 0.3 is 0 Å². The molecule has 0 aliphatic rings. The van der Waals surface area contributed by atoms with Crippen molar-refractivity contribution in [2.45, 2.75) is 19.4 Å². The van der Waals surface area contributed by atoms with Crippen LogP contribution in [0.1, 0.15) is 18.7 Å². The van der Waals surface area contributed by atoms with Gasteiger partial charge in [0.15, 0.2) is 5.96 Å². The van der Waals surface area contributed by atoms with Gasteiger partial charge in [0.1, 0.15) is 23.7 Å². The highest BCUT2D eigenvalue weighted by atomic mass is 127. The molecule has 0 aliphatic heterocycles. The lowest BCUT2D eigenvalue weighted by atomic mass is 10.1. The number of hydrogen-bond acceptors (Lipinski definition) is 5. The molecule has 27 heavy (non-hydrogen) atoms. The number of methoxy groups -OCH3 is 1. The molecule has 150 valence electrons. The number of ether oxygens (including phenoxy) is 2. The SMILES string of the molecule is CCNC(=NCC(C)(O)c1cccs1)NCCOc1cccc(OC)c1.I. The summed E-state index contributed by atoms with van der Waals surface area (Å²) in [5.74, 6) is 2.17. The zero-order valence-corrected chi connectivity index (χ0v) is 19.0. The molecule has 1 aromatic heterocycles. The number of guanidine groups is 1. The highest BCUT2D eigenvalue weighted by molar-refractivity contribution is 14.0. The molecule has 8 heteroatoms. The van der Waals surface area contributed by atoms with Crippen molar-refractivity contribution in [2.75, 3.05) is 33.4 Å². The number of aliphatic hydroxyl groups is 1. The molecule has 2 rings (SSSR count). The fourth-order valence-corrected chi connectivity index (χ4v) is 3.05. The molecule has 2 aromatic rings. The molecule has 3 N–H and O–H groups in total. The van der Waals surface area contributed by atoms with Crippen LogP contribution in [-0.2, 0) is 5.60 Å². The van der Waals surface area contributed by atoms with Gasteiger partial charge in [-0.15, -0.1) is 35.3 Å². The standard InChI is InChI=1S/C19H27N3O3S.HI/c1-4-20-18(22-14-19(2,23)17-9-6-12-26-17)21-10-11-25-16-8-5-7-15(13-16)24-3;/h5-9,12-13,23H,4,10-11,14H2,1-3H3,(H2,20,21,22);1H. The van der Waals surface area contributed by atoms with Gasteiger partial charge in [-0.25, -0.2) is 4.99 Å². The molecule has 1 heterocycles. The first kappa shape index (κ1) is 23.5. The van der Waals surface area contributed by atoms with E-state index in [2.05, 4.69) is 15.6 Å². The topological polar surface area (TPSA) is 75.1 Å². The lowest BCUT2D eigenvalue weighted by Gasteiger charge is -2.20. The van der Waals surface area contributed by atoms with E-state index in [9.17, 15) is 5.11 Å². The molecule has 0 saturated heterocycles. The summed E-state index contributed by atoms with van der Waals surface area (Å²) in [6, 6.07) is 11.3. The van der Waals surface area contributed by atoms with Gasteiger partial charge in [-0.05, 0) is 37.4 Å². The Morgan fingerprint density at radius 1 is 1.22 bits per heavy atom. The number of benzene rings is 1. The minimum absolute atomic E-state index is 0. The van der Waals surface area contributed by atoms with E-state index in [1.807, 2.05) is 48.7 Å². The van der Waals surface area contributed by atoms with Crippen LogP contribution in [0.15, 0.2) is 46.8 Å². The van der Waals surface area contributed by atoms with Crippen molar-refractivity contribution < 1.29 is 14.6 Å². The van der Waals surface area contributed by atoms with Crippen molar-refractivity contribution in [3.05, 3.63) is 46.7 Å². The van der Waals surface area contributed by atoms with Gasteiger partial charge in [-0.3, -0.25) is 0 Å². The van der Waals surface area contributed by atoms with Gasteiger partial charge in [-0.1, -0.05) is 12.1 Å². The highest BCUT2D eigenvalue weighted by Crippen LogP contribution is 2.25. The van der Waals surface area contributed by atoms with Gasteiger partial charge in [0, 0.05) is 17.5 Å². The number of hydrogen-bond donors (Lipinski definition) is 3. The largest absolute Gasteiger partial charge is 0.497 e. The number of nitrogens with zero attached hydrogens (tertiary/aromatic N) is 1. The Morgan fingerprint density at radius 3 is 2.67 bits per heavy atom. The fraction of sp³-hybridized carbons (Fsp3) is 0.421. The molecule has 0 saturated carbocycles. The molecule has 1 unspecified atom stereocenters. The Balaban J connectivity index is 0.00000364.